The summed E-state index contributed by atoms with van der Waals surface area (Å²) in [5.74, 6) is -0.901. The van der Waals surface area contributed by atoms with Gasteiger partial charge in [-0.15, -0.1) is 0 Å². The number of nitrogens with one attached hydrogen (secondary N) is 2. The van der Waals surface area contributed by atoms with Crippen molar-refractivity contribution in [2.24, 2.45) is 0 Å². The summed E-state index contributed by atoms with van der Waals surface area (Å²) in [6.45, 7) is 1.41. The minimum atomic E-state index is -0.490. The van der Waals surface area contributed by atoms with E-state index in [1.165, 1.54) is 14.0 Å². The van der Waals surface area contributed by atoms with Crippen molar-refractivity contribution in [3.05, 3.63) is 65.7 Å². The molecule has 0 radical (unpaired) electrons. The van der Waals surface area contributed by atoms with Crippen LogP contribution >= 0.6 is 0 Å². The summed E-state index contributed by atoms with van der Waals surface area (Å²) >= 11 is 0. The summed E-state index contributed by atoms with van der Waals surface area (Å²) in [6, 6.07) is 15.3. The molecule has 2 aromatic rings. The third-order valence-electron chi connectivity index (χ3n) is 3.57. The number of anilines is 1. The van der Waals surface area contributed by atoms with Gasteiger partial charge < -0.3 is 15.4 Å². The molecular weight excluding hydrogens is 320 g/mol. The van der Waals surface area contributed by atoms with E-state index in [0.717, 1.165) is 5.56 Å². The fourth-order valence-electron chi connectivity index (χ4n) is 2.34. The van der Waals surface area contributed by atoms with Crippen molar-refractivity contribution in [2.75, 3.05) is 12.4 Å². The molecule has 2 rings (SSSR count). The molecule has 130 valence electrons. The Balaban J connectivity index is 2.13. The molecule has 0 aromatic heterocycles. The van der Waals surface area contributed by atoms with Gasteiger partial charge in [0.05, 0.1) is 19.6 Å². The van der Waals surface area contributed by atoms with Crippen LogP contribution in [0.15, 0.2) is 54.6 Å². The lowest BCUT2D eigenvalue weighted by atomic mass is 10.0. The van der Waals surface area contributed by atoms with Crippen molar-refractivity contribution in [3.63, 3.8) is 0 Å². The van der Waals surface area contributed by atoms with E-state index < -0.39 is 12.0 Å². The maximum Gasteiger partial charge on any atom is 0.307 e. The van der Waals surface area contributed by atoms with Crippen molar-refractivity contribution >= 4 is 23.5 Å². The molecule has 0 fully saturated rings. The fourth-order valence-corrected chi connectivity index (χ4v) is 2.34. The Hall–Kier alpha value is -3.15. The molecular formula is C19H20N2O4. The van der Waals surface area contributed by atoms with Gasteiger partial charge in [0, 0.05) is 18.2 Å². The van der Waals surface area contributed by atoms with E-state index in [0.29, 0.717) is 11.3 Å². The lowest BCUT2D eigenvalue weighted by Gasteiger charge is -2.18. The zero-order valence-corrected chi connectivity index (χ0v) is 14.1. The average Bonchev–Trinajstić information content (AvgIpc) is 2.61. The van der Waals surface area contributed by atoms with Crippen molar-refractivity contribution in [1.29, 1.82) is 0 Å². The molecule has 2 N–H and O–H groups in total. The van der Waals surface area contributed by atoms with Gasteiger partial charge in [-0.2, -0.15) is 0 Å². The smallest absolute Gasteiger partial charge is 0.307 e. The zero-order valence-electron chi connectivity index (χ0n) is 14.1. The number of benzene rings is 2. The number of carbonyl (C=O) groups is 3. The Morgan fingerprint density at radius 2 is 1.64 bits per heavy atom. The van der Waals surface area contributed by atoms with E-state index in [9.17, 15) is 14.4 Å². The van der Waals surface area contributed by atoms with E-state index >= 15 is 0 Å². The predicted octanol–water partition coefficient (Wildman–Crippen LogP) is 2.68. The van der Waals surface area contributed by atoms with Gasteiger partial charge in [-0.05, 0) is 29.8 Å². The summed E-state index contributed by atoms with van der Waals surface area (Å²) in [7, 11) is 1.31. The third kappa shape index (κ3) is 5.46. The van der Waals surface area contributed by atoms with Crippen molar-refractivity contribution in [1.82, 2.24) is 5.32 Å². The van der Waals surface area contributed by atoms with Crippen LogP contribution in [0.2, 0.25) is 0 Å². The molecule has 25 heavy (non-hydrogen) atoms. The van der Waals surface area contributed by atoms with Gasteiger partial charge >= 0.3 is 5.97 Å². The number of hydrogen-bond donors (Lipinski definition) is 2. The molecule has 0 saturated heterocycles. The van der Waals surface area contributed by atoms with Crippen LogP contribution in [0.4, 0.5) is 5.69 Å². The molecule has 0 unspecified atom stereocenters. The van der Waals surface area contributed by atoms with Crippen LogP contribution in [0.3, 0.4) is 0 Å². The lowest BCUT2D eigenvalue weighted by Crippen LogP contribution is -2.30. The molecule has 0 aliphatic carbocycles. The quantitative estimate of drug-likeness (QED) is 0.792. The number of carbonyl (C=O) groups excluding carboxylic acids is 3. The van der Waals surface area contributed by atoms with Crippen molar-refractivity contribution in [3.8, 4) is 0 Å². The Bertz CT molecular complexity index is 742. The van der Waals surface area contributed by atoms with Crippen molar-refractivity contribution < 1.29 is 19.1 Å². The topological polar surface area (TPSA) is 84.5 Å². The second kappa shape index (κ2) is 8.63. The van der Waals surface area contributed by atoms with Crippen LogP contribution < -0.4 is 10.6 Å². The predicted molar refractivity (Wildman–Crippen MR) is 94.0 cm³/mol. The second-order valence-corrected chi connectivity index (χ2v) is 5.48. The first-order valence-corrected chi connectivity index (χ1v) is 7.80. The van der Waals surface area contributed by atoms with E-state index in [4.69, 9.17) is 4.74 Å². The summed E-state index contributed by atoms with van der Waals surface area (Å²) < 4.78 is 4.71. The number of amides is 2. The highest BCUT2D eigenvalue weighted by Crippen LogP contribution is 2.18. The maximum atomic E-state index is 12.5. The van der Waals surface area contributed by atoms with E-state index in [1.807, 2.05) is 30.3 Å². The molecule has 6 heteroatoms. The first kappa shape index (κ1) is 18.2. The Labute approximate surface area is 146 Å². The van der Waals surface area contributed by atoms with E-state index in [-0.39, 0.29) is 18.2 Å². The van der Waals surface area contributed by atoms with E-state index in [1.54, 1.807) is 24.3 Å². The van der Waals surface area contributed by atoms with E-state index in [2.05, 4.69) is 10.6 Å². The van der Waals surface area contributed by atoms with Gasteiger partial charge in [-0.3, -0.25) is 14.4 Å². The number of hydrogen-bond acceptors (Lipinski definition) is 4. The van der Waals surface area contributed by atoms with Gasteiger partial charge in [0.2, 0.25) is 5.91 Å². The second-order valence-electron chi connectivity index (χ2n) is 5.48. The minimum Gasteiger partial charge on any atom is -0.469 e. The summed E-state index contributed by atoms with van der Waals surface area (Å²) in [5, 5.41) is 5.49. The summed E-state index contributed by atoms with van der Waals surface area (Å²) in [6.07, 6.45) is 0.0379. The molecule has 0 spiro atoms. The normalized spacial score (nSPS) is 11.3. The van der Waals surface area contributed by atoms with Crippen LogP contribution in [-0.4, -0.2) is 24.9 Å². The van der Waals surface area contributed by atoms with Gasteiger partial charge in [-0.1, -0.05) is 30.3 Å². The molecule has 1 atom stereocenters. The molecule has 2 aromatic carbocycles. The summed E-state index contributed by atoms with van der Waals surface area (Å²) in [4.78, 5) is 35.2. The molecule has 0 aliphatic heterocycles. The number of esters is 1. The Morgan fingerprint density at radius 1 is 1.00 bits per heavy atom. The van der Waals surface area contributed by atoms with Crippen LogP contribution in [-0.2, 0) is 14.3 Å². The zero-order chi connectivity index (χ0) is 18.2. The lowest BCUT2D eigenvalue weighted by molar-refractivity contribution is -0.141. The average molecular weight is 340 g/mol. The molecule has 0 aliphatic rings. The highest BCUT2D eigenvalue weighted by atomic mass is 16.5. The van der Waals surface area contributed by atoms with Crippen LogP contribution in [0.5, 0.6) is 0 Å². The highest BCUT2D eigenvalue weighted by Gasteiger charge is 2.19. The number of rotatable bonds is 6. The highest BCUT2D eigenvalue weighted by molar-refractivity contribution is 5.96. The summed E-state index contributed by atoms with van der Waals surface area (Å²) in [5.41, 5.74) is 1.86. The molecule has 2 amide bonds. The van der Waals surface area contributed by atoms with Crippen LogP contribution in [0.1, 0.15) is 35.3 Å². The van der Waals surface area contributed by atoms with Gasteiger partial charge in [-0.25, -0.2) is 0 Å². The molecule has 0 bridgehead atoms. The third-order valence-corrected chi connectivity index (χ3v) is 3.57. The molecule has 0 heterocycles. The molecule has 0 saturated carbocycles. The van der Waals surface area contributed by atoms with Gasteiger partial charge in [0.15, 0.2) is 0 Å². The SMILES string of the molecule is COC(=O)C[C@H](NC(=O)c1ccc(NC(C)=O)cc1)c1ccccc1. The van der Waals surface area contributed by atoms with Gasteiger partial charge in [0.1, 0.15) is 0 Å². The number of methoxy groups -OCH3 is 1. The Kier molecular flexibility index (Phi) is 6.28. The van der Waals surface area contributed by atoms with Crippen molar-refractivity contribution in [2.45, 2.75) is 19.4 Å². The fraction of sp³-hybridized carbons (Fsp3) is 0.211. The standard InChI is InChI=1S/C19H20N2O4/c1-13(22)20-16-10-8-15(9-11-16)19(24)21-17(12-18(23)25-2)14-6-4-3-5-7-14/h3-11,17H,12H2,1-2H3,(H,20,22)(H,21,24)/t17-/m0/s1. The largest absolute Gasteiger partial charge is 0.469 e. The minimum absolute atomic E-state index is 0.0379. The van der Waals surface area contributed by atoms with Gasteiger partial charge in [0.25, 0.3) is 5.91 Å². The van der Waals surface area contributed by atoms with Crippen LogP contribution in [0.25, 0.3) is 0 Å². The Morgan fingerprint density at radius 3 is 2.20 bits per heavy atom. The first-order valence-electron chi connectivity index (χ1n) is 7.80. The molecule has 6 nitrogen and oxygen atoms in total. The number of ether oxygens (including phenoxy) is 1. The maximum absolute atomic E-state index is 12.5. The van der Waals surface area contributed by atoms with Crippen LogP contribution in [0, 0.1) is 0 Å². The monoisotopic (exact) mass is 340 g/mol. The first-order chi connectivity index (χ1) is 12.0.